The number of halogens is 29. The quantitative estimate of drug-likeness (QED) is 0.164. The van der Waals surface area contributed by atoms with Gasteiger partial charge < -0.3 is 0 Å². The van der Waals surface area contributed by atoms with E-state index in [1.165, 1.54) is 0 Å². The minimum atomic E-state index is -9.65. The molecule has 0 aromatic rings. The average molecular weight is 758 g/mol. The normalized spacial score (nSPS) is 16.5. The van der Waals surface area contributed by atoms with E-state index in [-0.39, 0.29) is 0 Å². The Morgan fingerprint density at radius 1 is 0.295 bits per heavy atom. The molecule has 2 nitrogen and oxygen atoms in total. The van der Waals surface area contributed by atoms with Crippen molar-refractivity contribution in [1.82, 2.24) is 0 Å². The molecule has 0 aliphatic rings. The first-order valence-electron chi connectivity index (χ1n) is 8.52. The van der Waals surface area contributed by atoms with Crippen LogP contribution in [0.15, 0.2) is 0 Å². The fourth-order valence-corrected chi connectivity index (χ4v) is 1.93. The summed E-state index contributed by atoms with van der Waals surface area (Å²) in [5, 5.41) is 0. The highest BCUT2D eigenvalue weighted by Crippen LogP contribution is 2.67. The lowest BCUT2D eigenvalue weighted by molar-refractivity contribution is -0.484. The van der Waals surface area contributed by atoms with Crippen LogP contribution in [-0.4, -0.2) is 71.6 Å². The third kappa shape index (κ3) is 6.14. The molecule has 0 N–H and O–H groups in total. The molecule has 0 aliphatic heterocycles. The van der Waals surface area contributed by atoms with Crippen molar-refractivity contribution in [3.8, 4) is 0 Å². The van der Waals surface area contributed by atoms with E-state index in [1.54, 1.807) is 4.73 Å². The van der Waals surface area contributed by atoms with Gasteiger partial charge in [-0.2, -0.15) is 114 Å². The molecule has 0 spiro atoms. The second-order valence-electron chi connectivity index (χ2n) is 7.22. The van der Waals surface area contributed by atoms with Gasteiger partial charge in [0.05, 0.1) is 0 Å². The largest absolute Gasteiger partial charge is 0.583 e. The summed E-state index contributed by atoms with van der Waals surface area (Å²) in [6.45, 7) is 0. The van der Waals surface area contributed by atoms with Crippen LogP contribution in [-0.2, 0) is 9.29 Å². The molecule has 0 aromatic heterocycles. The van der Waals surface area contributed by atoms with Crippen LogP contribution in [0.4, 0.5) is 127 Å². The van der Waals surface area contributed by atoms with Crippen molar-refractivity contribution in [2.24, 2.45) is 0 Å². The van der Waals surface area contributed by atoms with E-state index in [0.717, 1.165) is 0 Å². The van der Waals surface area contributed by atoms with Gasteiger partial charge in [-0.05, 0) is 4.53 Å². The van der Waals surface area contributed by atoms with Crippen LogP contribution in [0.2, 0.25) is 0 Å². The third-order valence-electron chi connectivity index (χ3n) is 4.34. The van der Waals surface area contributed by atoms with Gasteiger partial charge in [0.1, 0.15) is 0 Å². The van der Waals surface area contributed by atoms with E-state index >= 15 is 0 Å². The molecule has 0 radical (unpaired) electrons. The molecule has 0 fully saturated rings. The summed E-state index contributed by atoms with van der Waals surface area (Å²) in [4.78, 5) is 0. The Kier molecular flexibility index (Phi) is 11.2. The molecule has 0 amide bonds. The topological polar surface area (TPSA) is 26.3 Å². The molecule has 0 heterocycles. The SMILES string of the molecule is FC(F)(F)C(F)(F)C(F)(F)C(F)(F)C(F)(F)C(F)(F)C(F)(F)C(F)(F)C(F)(F)C(F)(F)C(F)(F)C(F)(F)F.O=P(F)(F)OF. The average Bonchev–Trinajstić information content (AvgIpc) is 2.76. The fraction of sp³-hybridized carbons (Fsp3) is 1.00. The predicted octanol–water partition coefficient (Wildman–Crippen LogP) is 10.4. The maximum atomic E-state index is 13.3. The molecule has 0 saturated carbocycles. The first-order valence-corrected chi connectivity index (χ1v) is 9.93. The summed E-state index contributed by atoms with van der Waals surface area (Å²) in [6, 6.07) is 0. The van der Waals surface area contributed by atoms with Crippen LogP contribution in [0.1, 0.15) is 0 Å². The minimum absolute atomic E-state index is 1.66. The summed E-state index contributed by atoms with van der Waals surface area (Å²) in [5.74, 6) is -92.8. The highest BCUT2D eigenvalue weighted by Gasteiger charge is 2.99. The second kappa shape index (κ2) is 11.2. The Labute approximate surface area is 217 Å². The third-order valence-corrected chi connectivity index (χ3v) is 4.50. The fourth-order valence-electron chi connectivity index (χ4n) is 1.93. The monoisotopic (exact) mass is 758 g/mol. The summed E-state index contributed by atoms with van der Waals surface area (Å²) in [7, 11) is -5.81. The van der Waals surface area contributed by atoms with Gasteiger partial charge in [0, 0.05) is 0 Å². The van der Waals surface area contributed by atoms with E-state index in [4.69, 9.17) is 4.57 Å². The van der Waals surface area contributed by atoms with Gasteiger partial charge in [0.2, 0.25) is 0 Å². The van der Waals surface area contributed by atoms with Crippen molar-refractivity contribution >= 4 is 7.99 Å². The van der Waals surface area contributed by atoms with Gasteiger partial charge in [-0.1, -0.05) is 4.73 Å². The zero-order chi connectivity index (χ0) is 37.2. The molecule has 0 aromatic carbocycles. The highest BCUT2D eigenvalue weighted by molar-refractivity contribution is 7.47. The molecule has 44 heavy (non-hydrogen) atoms. The molecule has 0 aliphatic carbocycles. The van der Waals surface area contributed by atoms with Gasteiger partial charge in [-0.3, -0.25) is 0 Å². The molecular formula is C12F29O2P. The summed E-state index contributed by atoms with van der Waals surface area (Å²) < 4.78 is 373. The lowest BCUT2D eigenvalue weighted by Gasteiger charge is -2.45. The van der Waals surface area contributed by atoms with Crippen molar-refractivity contribution in [1.29, 1.82) is 0 Å². The van der Waals surface area contributed by atoms with Crippen molar-refractivity contribution in [3.05, 3.63) is 0 Å². The van der Waals surface area contributed by atoms with Gasteiger partial charge >= 0.3 is 79.6 Å². The molecule has 0 unspecified atom stereocenters. The number of hydrogen-bond acceptors (Lipinski definition) is 2. The van der Waals surface area contributed by atoms with Gasteiger partial charge in [0.15, 0.2) is 0 Å². The van der Waals surface area contributed by atoms with Crippen molar-refractivity contribution in [3.63, 3.8) is 0 Å². The van der Waals surface area contributed by atoms with E-state index in [2.05, 4.69) is 0 Å². The van der Waals surface area contributed by atoms with Crippen LogP contribution < -0.4 is 0 Å². The Balaban J connectivity index is 0. The highest BCUT2D eigenvalue weighted by atomic mass is 31.2. The van der Waals surface area contributed by atoms with Crippen LogP contribution in [0, 0.1) is 0 Å². The number of rotatable bonds is 10. The minimum Gasteiger partial charge on any atom is -0.216 e. The maximum Gasteiger partial charge on any atom is 0.583 e. The zero-order valence-electron chi connectivity index (χ0n) is 18.2. The zero-order valence-corrected chi connectivity index (χ0v) is 19.1. The lowest BCUT2D eigenvalue weighted by Crippen LogP contribution is -2.78. The van der Waals surface area contributed by atoms with Gasteiger partial charge in [0.25, 0.3) is 0 Å². The summed E-state index contributed by atoms with van der Waals surface area (Å²) >= 11 is 0. The van der Waals surface area contributed by atoms with Gasteiger partial charge in [-0.15, -0.1) is 8.39 Å². The molecule has 0 bridgehead atoms. The predicted molar refractivity (Wildman–Crippen MR) is 73.6 cm³/mol. The molecule has 0 rings (SSSR count). The Morgan fingerprint density at radius 3 is 0.455 bits per heavy atom. The molecule has 268 valence electrons. The summed E-state index contributed by atoms with van der Waals surface area (Å²) in [6.07, 6.45) is -16.4. The second-order valence-corrected chi connectivity index (χ2v) is 8.19. The standard InChI is InChI=1S/C12F26.F3O2P/c13-1(14,3(17,18)5(21,22)7(25,26)9(29,30)11(33,34)35)2(15,16)4(19,20)6(23,24)8(27,28)10(31,32)12(36,37)38;1-5-6(2,3)4. The molecule has 32 heteroatoms. The van der Waals surface area contributed by atoms with Crippen LogP contribution in [0.5, 0.6) is 0 Å². The van der Waals surface area contributed by atoms with Crippen LogP contribution in [0.25, 0.3) is 0 Å². The first-order chi connectivity index (χ1) is 18.3. The van der Waals surface area contributed by atoms with E-state index < -0.39 is 79.6 Å². The smallest absolute Gasteiger partial charge is 0.216 e. The Morgan fingerprint density at radius 2 is 0.386 bits per heavy atom. The van der Waals surface area contributed by atoms with E-state index in [9.17, 15) is 127 Å². The maximum absolute atomic E-state index is 13.3. The van der Waals surface area contributed by atoms with E-state index in [1.807, 2.05) is 0 Å². The van der Waals surface area contributed by atoms with Crippen LogP contribution >= 0.6 is 7.99 Å². The van der Waals surface area contributed by atoms with E-state index in [0.29, 0.717) is 0 Å². The van der Waals surface area contributed by atoms with Crippen LogP contribution in [0.3, 0.4) is 0 Å². The molecule has 0 atom stereocenters. The molecular weight excluding hydrogens is 758 g/mol. The van der Waals surface area contributed by atoms with Crippen molar-refractivity contribution < 1.29 is 136 Å². The molecule has 0 saturated heterocycles. The number of alkyl halides is 26. The first kappa shape index (κ1) is 44.3. The lowest BCUT2D eigenvalue weighted by atomic mass is 9.85. The van der Waals surface area contributed by atoms with Gasteiger partial charge in [-0.25, -0.2) is 4.57 Å². The number of hydrogen-bond donors (Lipinski definition) is 0. The Bertz CT molecular complexity index is 970. The Hall–Kier alpha value is -1.84. The van der Waals surface area contributed by atoms with Crippen molar-refractivity contribution in [2.75, 3.05) is 0 Å². The summed E-state index contributed by atoms with van der Waals surface area (Å²) in [5.41, 5.74) is 0. The van der Waals surface area contributed by atoms with Crippen molar-refractivity contribution in [2.45, 2.75) is 71.6 Å².